The van der Waals surface area contributed by atoms with Crippen molar-refractivity contribution in [3.8, 4) is 0 Å². The Morgan fingerprint density at radius 1 is 1.07 bits per heavy atom. The van der Waals surface area contributed by atoms with E-state index in [1.165, 1.54) is 25.8 Å². The van der Waals surface area contributed by atoms with E-state index < -0.39 is 0 Å². The third-order valence-electron chi connectivity index (χ3n) is 2.46. The van der Waals surface area contributed by atoms with Crippen LogP contribution < -0.4 is 0 Å². The number of unbranched alkanes of at least 4 members (excludes halogenated alkanes) is 3. The Labute approximate surface area is 88.7 Å². The van der Waals surface area contributed by atoms with Gasteiger partial charge in [0.05, 0.1) is 0 Å². The molecule has 0 rings (SSSR count). The number of hydrogen-bond acceptors (Lipinski definition) is 2. The number of nitrogens with zero attached hydrogens (tertiary/aromatic N) is 1. The summed E-state index contributed by atoms with van der Waals surface area (Å²) in [5.74, 6) is 0.318. The van der Waals surface area contributed by atoms with Crippen LogP contribution in [0.5, 0.6) is 0 Å². The van der Waals surface area contributed by atoms with Crippen molar-refractivity contribution in [2.24, 2.45) is 0 Å². The monoisotopic (exact) mass is 199 g/mol. The second-order valence-electron chi connectivity index (χ2n) is 4.17. The van der Waals surface area contributed by atoms with E-state index in [0.29, 0.717) is 5.78 Å². The third-order valence-corrected chi connectivity index (χ3v) is 2.46. The van der Waals surface area contributed by atoms with Crippen LogP contribution in [0.25, 0.3) is 0 Å². The van der Waals surface area contributed by atoms with Crippen molar-refractivity contribution in [3.05, 3.63) is 0 Å². The summed E-state index contributed by atoms with van der Waals surface area (Å²) in [5.41, 5.74) is 0. The summed E-state index contributed by atoms with van der Waals surface area (Å²) < 4.78 is 0. The Bertz CT molecular complexity index is 145. The molecule has 0 aliphatic carbocycles. The van der Waals surface area contributed by atoms with E-state index in [1.807, 2.05) is 0 Å². The molecular weight excluding hydrogens is 174 g/mol. The maximum Gasteiger partial charge on any atom is 0.129 e. The van der Waals surface area contributed by atoms with Gasteiger partial charge in [-0.15, -0.1) is 0 Å². The van der Waals surface area contributed by atoms with Gasteiger partial charge in [0.25, 0.3) is 0 Å². The van der Waals surface area contributed by atoms with E-state index in [-0.39, 0.29) is 0 Å². The molecule has 0 aromatic rings. The smallest absolute Gasteiger partial charge is 0.129 e. The Balaban J connectivity index is 3.18. The first kappa shape index (κ1) is 13.6. The zero-order chi connectivity index (χ0) is 10.8. The van der Waals surface area contributed by atoms with Gasteiger partial charge in [-0.25, -0.2) is 0 Å². The molecule has 14 heavy (non-hydrogen) atoms. The highest BCUT2D eigenvalue weighted by atomic mass is 16.1. The highest BCUT2D eigenvalue weighted by molar-refractivity contribution is 5.75. The van der Waals surface area contributed by atoms with Gasteiger partial charge in [0.1, 0.15) is 5.78 Å². The number of carbonyl (C=O) groups excluding carboxylic acids is 1. The fourth-order valence-corrected chi connectivity index (χ4v) is 1.50. The van der Waals surface area contributed by atoms with Gasteiger partial charge >= 0.3 is 0 Å². The van der Waals surface area contributed by atoms with E-state index in [0.717, 1.165) is 25.8 Å². The minimum absolute atomic E-state index is 0.318. The molecule has 0 saturated carbocycles. The van der Waals surface area contributed by atoms with Gasteiger partial charge in [-0.2, -0.15) is 0 Å². The van der Waals surface area contributed by atoms with Gasteiger partial charge in [0.2, 0.25) is 0 Å². The summed E-state index contributed by atoms with van der Waals surface area (Å²) in [6.07, 6.45) is 6.88. The van der Waals surface area contributed by atoms with Crippen molar-refractivity contribution in [2.45, 2.75) is 52.4 Å². The molecule has 0 aromatic heterocycles. The molecule has 0 radical (unpaired) electrons. The fourth-order valence-electron chi connectivity index (χ4n) is 1.50. The maximum atomic E-state index is 10.7. The number of hydrogen-bond donors (Lipinski definition) is 0. The number of Topliss-reactive ketones (excluding diaryl/α,β-unsaturated/α-hetero) is 1. The Hall–Kier alpha value is -0.370. The molecule has 0 unspecified atom stereocenters. The Morgan fingerprint density at radius 3 is 2.14 bits per heavy atom. The summed E-state index contributed by atoms with van der Waals surface area (Å²) in [5, 5.41) is 0. The van der Waals surface area contributed by atoms with Crippen LogP contribution in [0.4, 0.5) is 0 Å². The van der Waals surface area contributed by atoms with Crippen molar-refractivity contribution in [1.82, 2.24) is 4.90 Å². The molecule has 0 fully saturated rings. The van der Waals surface area contributed by atoms with Gasteiger partial charge in [0, 0.05) is 6.42 Å². The van der Waals surface area contributed by atoms with Crippen LogP contribution in [0, 0.1) is 0 Å². The summed E-state index contributed by atoms with van der Waals surface area (Å²) in [7, 11) is 2.17. The normalized spacial score (nSPS) is 10.9. The SMILES string of the molecule is CCCCCN(C)CCCCC(C)=O. The molecule has 0 aliphatic rings. The highest BCUT2D eigenvalue weighted by Gasteiger charge is 1.98. The number of carbonyl (C=O) groups is 1. The minimum atomic E-state index is 0.318. The van der Waals surface area contributed by atoms with Crippen LogP contribution in [0.2, 0.25) is 0 Å². The van der Waals surface area contributed by atoms with Gasteiger partial charge in [-0.05, 0) is 46.3 Å². The van der Waals surface area contributed by atoms with E-state index in [1.54, 1.807) is 6.92 Å². The van der Waals surface area contributed by atoms with Crippen LogP contribution in [-0.2, 0) is 4.79 Å². The second kappa shape index (κ2) is 9.20. The fraction of sp³-hybridized carbons (Fsp3) is 0.917. The van der Waals surface area contributed by atoms with Crippen molar-refractivity contribution < 1.29 is 4.79 Å². The number of ketones is 1. The van der Waals surface area contributed by atoms with Gasteiger partial charge in [-0.1, -0.05) is 19.8 Å². The lowest BCUT2D eigenvalue weighted by Gasteiger charge is -2.15. The Morgan fingerprint density at radius 2 is 1.64 bits per heavy atom. The zero-order valence-electron chi connectivity index (χ0n) is 10.0. The second-order valence-corrected chi connectivity index (χ2v) is 4.17. The van der Waals surface area contributed by atoms with Crippen LogP contribution in [0.3, 0.4) is 0 Å². The van der Waals surface area contributed by atoms with E-state index in [2.05, 4.69) is 18.9 Å². The molecule has 0 atom stereocenters. The van der Waals surface area contributed by atoms with E-state index >= 15 is 0 Å². The summed E-state index contributed by atoms with van der Waals surface area (Å²) in [6.45, 7) is 6.24. The lowest BCUT2D eigenvalue weighted by molar-refractivity contribution is -0.117. The molecule has 0 aliphatic heterocycles. The molecule has 0 spiro atoms. The van der Waals surface area contributed by atoms with Crippen LogP contribution in [0.15, 0.2) is 0 Å². The lowest BCUT2D eigenvalue weighted by atomic mass is 10.2. The first-order chi connectivity index (χ1) is 6.66. The summed E-state index contributed by atoms with van der Waals surface area (Å²) >= 11 is 0. The van der Waals surface area contributed by atoms with Crippen molar-refractivity contribution in [2.75, 3.05) is 20.1 Å². The summed E-state index contributed by atoms with van der Waals surface area (Å²) in [4.78, 5) is 13.1. The first-order valence-corrected chi connectivity index (χ1v) is 5.84. The van der Waals surface area contributed by atoms with E-state index in [4.69, 9.17) is 0 Å². The zero-order valence-corrected chi connectivity index (χ0v) is 10.0. The molecule has 0 heterocycles. The van der Waals surface area contributed by atoms with Crippen LogP contribution in [-0.4, -0.2) is 30.8 Å². The van der Waals surface area contributed by atoms with Crippen LogP contribution >= 0.6 is 0 Å². The average molecular weight is 199 g/mol. The van der Waals surface area contributed by atoms with Crippen molar-refractivity contribution >= 4 is 5.78 Å². The molecular formula is C12H25NO. The predicted octanol–water partition coefficient (Wildman–Crippen LogP) is 2.87. The predicted molar refractivity (Wildman–Crippen MR) is 61.6 cm³/mol. The maximum absolute atomic E-state index is 10.7. The van der Waals surface area contributed by atoms with Gasteiger partial charge in [0.15, 0.2) is 0 Å². The third kappa shape index (κ3) is 9.72. The molecule has 2 heteroatoms. The quantitative estimate of drug-likeness (QED) is 0.532. The van der Waals surface area contributed by atoms with Gasteiger partial charge in [-0.3, -0.25) is 0 Å². The topological polar surface area (TPSA) is 20.3 Å². The molecule has 0 bridgehead atoms. The van der Waals surface area contributed by atoms with E-state index in [9.17, 15) is 4.79 Å². The first-order valence-electron chi connectivity index (χ1n) is 5.84. The Kier molecular flexibility index (Phi) is 8.95. The molecule has 0 N–H and O–H groups in total. The molecule has 0 aromatic carbocycles. The highest BCUT2D eigenvalue weighted by Crippen LogP contribution is 2.00. The van der Waals surface area contributed by atoms with Crippen molar-refractivity contribution in [3.63, 3.8) is 0 Å². The molecule has 0 saturated heterocycles. The van der Waals surface area contributed by atoms with Crippen LogP contribution in [0.1, 0.15) is 52.4 Å². The largest absolute Gasteiger partial charge is 0.306 e. The molecule has 84 valence electrons. The summed E-state index contributed by atoms with van der Waals surface area (Å²) in [6, 6.07) is 0. The molecule has 2 nitrogen and oxygen atoms in total. The molecule has 0 amide bonds. The standard InChI is InChI=1S/C12H25NO/c1-4-5-7-10-13(3)11-8-6-9-12(2)14/h4-11H2,1-3H3. The van der Waals surface area contributed by atoms with Crippen molar-refractivity contribution in [1.29, 1.82) is 0 Å². The lowest BCUT2D eigenvalue weighted by Crippen LogP contribution is -2.20. The minimum Gasteiger partial charge on any atom is -0.306 e. The average Bonchev–Trinajstić information content (AvgIpc) is 2.13. The number of rotatable bonds is 9. The van der Waals surface area contributed by atoms with Gasteiger partial charge < -0.3 is 9.69 Å².